The van der Waals surface area contributed by atoms with Crippen LogP contribution in [-0.4, -0.2) is 20.0 Å². The topological polar surface area (TPSA) is 97.2 Å². The van der Waals surface area contributed by atoms with Gasteiger partial charge in [0, 0.05) is 6.20 Å². The van der Waals surface area contributed by atoms with Crippen LogP contribution < -0.4 is 10.8 Å². The zero-order valence-electron chi connectivity index (χ0n) is 10.4. The third kappa shape index (κ3) is 2.15. The van der Waals surface area contributed by atoms with Crippen LogP contribution in [0.15, 0.2) is 47.4 Å². The summed E-state index contributed by atoms with van der Waals surface area (Å²) in [6.45, 7) is 0.416. The standard InChI is InChI=1S/C13H11N4O3/c18-13-11-7-10(17(19)20)4-5-12(11)16(15-13)8-9-3-1-2-6-14-9/h1-7,19H,8H2,(H,15,18)/q-1. The number of pyridine rings is 1. The molecule has 2 aromatic heterocycles. The summed E-state index contributed by atoms with van der Waals surface area (Å²) in [5, 5.41) is 22.5. The summed E-state index contributed by atoms with van der Waals surface area (Å²) in [7, 11) is 0. The Labute approximate surface area is 113 Å². The fraction of sp³-hybridized carbons (Fsp3) is 0.0769. The van der Waals surface area contributed by atoms with Crippen molar-refractivity contribution in [2.45, 2.75) is 6.54 Å². The maximum absolute atomic E-state index is 11.9. The lowest BCUT2D eigenvalue weighted by molar-refractivity contribution is 0.296. The zero-order valence-corrected chi connectivity index (χ0v) is 10.4. The molecular formula is C13H11N4O3-. The monoisotopic (exact) mass is 271 g/mol. The number of nitrogens with one attached hydrogen (secondary N) is 1. The van der Waals surface area contributed by atoms with Gasteiger partial charge in [-0.05, 0) is 30.3 Å². The van der Waals surface area contributed by atoms with E-state index in [-0.39, 0.29) is 16.5 Å². The van der Waals surface area contributed by atoms with Crippen molar-refractivity contribution in [2.24, 2.45) is 0 Å². The number of aromatic nitrogens is 3. The molecule has 20 heavy (non-hydrogen) atoms. The number of aromatic amines is 1. The highest BCUT2D eigenvalue weighted by Gasteiger charge is 2.08. The number of hydrogen-bond donors (Lipinski definition) is 2. The Balaban J connectivity index is 2.07. The summed E-state index contributed by atoms with van der Waals surface area (Å²) in [5.41, 5.74) is 1.14. The molecule has 7 nitrogen and oxygen atoms in total. The van der Waals surface area contributed by atoms with Crippen LogP contribution in [0, 0.1) is 5.21 Å². The molecule has 0 saturated heterocycles. The summed E-state index contributed by atoms with van der Waals surface area (Å²) in [5.74, 6) is 0. The molecule has 0 fully saturated rings. The molecule has 1 aromatic carbocycles. The van der Waals surface area contributed by atoms with Crippen LogP contribution in [0.25, 0.3) is 10.9 Å². The molecule has 0 atom stereocenters. The number of hydrogen-bond acceptors (Lipinski definition) is 5. The van der Waals surface area contributed by atoms with Crippen molar-refractivity contribution in [3.63, 3.8) is 0 Å². The minimum atomic E-state index is -0.320. The maximum atomic E-state index is 11.9. The van der Waals surface area contributed by atoms with Crippen molar-refractivity contribution in [1.82, 2.24) is 14.8 Å². The third-order valence-corrected chi connectivity index (χ3v) is 3.02. The van der Waals surface area contributed by atoms with Gasteiger partial charge >= 0.3 is 0 Å². The normalized spacial score (nSPS) is 10.9. The highest BCUT2D eigenvalue weighted by molar-refractivity contribution is 5.82. The van der Waals surface area contributed by atoms with Gasteiger partial charge in [0.1, 0.15) is 0 Å². The first-order valence-corrected chi connectivity index (χ1v) is 5.94. The number of benzene rings is 1. The summed E-state index contributed by atoms with van der Waals surface area (Å²) in [6.07, 6.45) is 1.68. The Bertz CT molecular complexity index is 792. The largest absolute Gasteiger partial charge is 0.733 e. The van der Waals surface area contributed by atoms with Gasteiger partial charge in [-0.2, -0.15) is 0 Å². The lowest BCUT2D eigenvalue weighted by Gasteiger charge is -2.21. The second-order valence-electron chi connectivity index (χ2n) is 4.32. The highest BCUT2D eigenvalue weighted by atomic mass is 16.8. The summed E-state index contributed by atoms with van der Waals surface area (Å²) in [6, 6.07) is 9.92. The molecule has 0 bridgehead atoms. The lowest BCUT2D eigenvalue weighted by Crippen LogP contribution is -2.07. The van der Waals surface area contributed by atoms with Gasteiger partial charge in [0.15, 0.2) is 0 Å². The Morgan fingerprint density at radius 3 is 2.90 bits per heavy atom. The van der Waals surface area contributed by atoms with Crippen LogP contribution in [-0.2, 0) is 6.54 Å². The summed E-state index contributed by atoms with van der Waals surface area (Å²) in [4.78, 5) is 16.1. The molecule has 7 heteroatoms. The number of rotatable bonds is 3. The van der Waals surface area contributed by atoms with Gasteiger partial charge < -0.3 is 10.4 Å². The van der Waals surface area contributed by atoms with E-state index >= 15 is 0 Å². The highest BCUT2D eigenvalue weighted by Crippen LogP contribution is 2.18. The van der Waals surface area contributed by atoms with Crippen molar-refractivity contribution in [3.8, 4) is 0 Å². The fourth-order valence-electron chi connectivity index (χ4n) is 2.08. The lowest BCUT2D eigenvalue weighted by atomic mass is 10.2. The molecule has 0 radical (unpaired) electrons. The SMILES string of the molecule is O=c1[nH]n(Cc2ccccn2)c2ccc(N([O-])O)cc12. The maximum Gasteiger partial charge on any atom is 0.272 e. The van der Waals surface area contributed by atoms with E-state index in [9.17, 15) is 10.0 Å². The van der Waals surface area contributed by atoms with Gasteiger partial charge in [0.25, 0.3) is 5.56 Å². The van der Waals surface area contributed by atoms with Crippen molar-refractivity contribution in [3.05, 3.63) is 63.9 Å². The van der Waals surface area contributed by atoms with Gasteiger partial charge in [-0.1, -0.05) is 6.07 Å². The van der Waals surface area contributed by atoms with Gasteiger partial charge in [0.2, 0.25) is 0 Å². The molecule has 0 amide bonds. The Kier molecular flexibility index (Phi) is 2.97. The predicted molar refractivity (Wildman–Crippen MR) is 73.5 cm³/mol. The van der Waals surface area contributed by atoms with Gasteiger partial charge in [-0.15, -0.1) is 0 Å². The minimum absolute atomic E-state index is 0.0126. The van der Waals surface area contributed by atoms with Crippen LogP contribution >= 0.6 is 0 Å². The van der Waals surface area contributed by atoms with E-state index in [0.717, 1.165) is 5.69 Å². The fourth-order valence-corrected chi connectivity index (χ4v) is 2.08. The molecule has 0 unspecified atom stereocenters. The first kappa shape index (κ1) is 12.4. The average molecular weight is 271 g/mol. The molecule has 0 spiro atoms. The predicted octanol–water partition coefficient (Wildman–Crippen LogP) is 1.47. The van der Waals surface area contributed by atoms with Crippen molar-refractivity contribution in [1.29, 1.82) is 0 Å². The van der Waals surface area contributed by atoms with Gasteiger partial charge in [0.05, 0.1) is 28.8 Å². The second kappa shape index (κ2) is 4.80. The summed E-state index contributed by atoms with van der Waals surface area (Å²) < 4.78 is 1.65. The Hall–Kier alpha value is -2.64. The van der Waals surface area contributed by atoms with E-state index in [1.807, 2.05) is 18.2 Å². The van der Waals surface area contributed by atoms with E-state index in [2.05, 4.69) is 10.1 Å². The first-order valence-electron chi connectivity index (χ1n) is 5.94. The smallest absolute Gasteiger partial charge is 0.272 e. The Morgan fingerprint density at radius 2 is 2.20 bits per heavy atom. The zero-order chi connectivity index (χ0) is 14.1. The first-order chi connectivity index (χ1) is 9.65. The molecule has 2 N–H and O–H groups in total. The van der Waals surface area contributed by atoms with E-state index in [0.29, 0.717) is 17.4 Å². The number of H-pyrrole nitrogens is 1. The van der Waals surface area contributed by atoms with E-state index in [1.165, 1.54) is 12.1 Å². The van der Waals surface area contributed by atoms with Gasteiger partial charge in [-0.25, -0.2) is 0 Å². The summed E-state index contributed by atoms with van der Waals surface area (Å²) >= 11 is 0. The van der Waals surface area contributed by atoms with Crippen LogP contribution in [0.5, 0.6) is 0 Å². The van der Waals surface area contributed by atoms with Crippen LogP contribution in [0.3, 0.4) is 0 Å². The second-order valence-corrected chi connectivity index (χ2v) is 4.32. The van der Waals surface area contributed by atoms with E-state index in [1.54, 1.807) is 16.9 Å². The van der Waals surface area contributed by atoms with Crippen molar-refractivity contribution >= 4 is 16.6 Å². The van der Waals surface area contributed by atoms with Crippen LogP contribution in [0.4, 0.5) is 5.69 Å². The number of fused-ring (bicyclic) bond motifs is 1. The van der Waals surface area contributed by atoms with Crippen molar-refractivity contribution in [2.75, 3.05) is 5.23 Å². The number of anilines is 1. The van der Waals surface area contributed by atoms with Crippen LogP contribution in [0.1, 0.15) is 5.69 Å². The molecular weight excluding hydrogens is 260 g/mol. The number of nitrogens with zero attached hydrogens (tertiary/aromatic N) is 3. The Morgan fingerprint density at radius 1 is 1.35 bits per heavy atom. The average Bonchev–Trinajstić information content (AvgIpc) is 2.76. The molecule has 0 saturated carbocycles. The molecule has 3 aromatic rings. The van der Waals surface area contributed by atoms with Crippen LogP contribution in [0.2, 0.25) is 0 Å². The minimum Gasteiger partial charge on any atom is -0.733 e. The third-order valence-electron chi connectivity index (χ3n) is 3.02. The van der Waals surface area contributed by atoms with E-state index < -0.39 is 0 Å². The van der Waals surface area contributed by atoms with Gasteiger partial charge in [-0.3, -0.25) is 24.8 Å². The molecule has 0 aliphatic rings. The molecule has 2 heterocycles. The van der Waals surface area contributed by atoms with Crippen molar-refractivity contribution < 1.29 is 5.21 Å². The quantitative estimate of drug-likeness (QED) is 0.703. The van der Waals surface area contributed by atoms with E-state index in [4.69, 9.17) is 5.21 Å². The molecule has 102 valence electrons. The molecule has 0 aliphatic heterocycles. The molecule has 0 aliphatic carbocycles. The molecule has 3 rings (SSSR count).